The second kappa shape index (κ2) is 8.79. The van der Waals surface area contributed by atoms with Crippen molar-refractivity contribution >= 4 is 23.6 Å². The Morgan fingerprint density at radius 3 is 2.68 bits per heavy atom. The Morgan fingerprint density at radius 1 is 1.32 bits per heavy atom. The van der Waals surface area contributed by atoms with Crippen LogP contribution in [-0.4, -0.2) is 35.9 Å². The molecule has 1 aromatic rings. The first-order valence-corrected chi connectivity index (χ1v) is 10.2. The monoisotopic (exact) mass is 405 g/mol. The maximum atomic E-state index is 13.5. The average Bonchev–Trinajstić information content (AvgIpc) is 2.66. The molecule has 0 spiro atoms. The van der Waals surface area contributed by atoms with Gasteiger partial charge in [0.05, 0.1) is 24.3 Å². The maximum absolute atomic E-state index is 13.5. The molecular formula is C20H24FN3O3S. The van der Waals surface area contributed by atoms with E-state index in [2.05, 4.69) is 22.5 Å². The molecule has 4 unspecified atom stereocenters. The van der Waals surface area contributed by atoms with Crippen molar-refractivity contribution in [2.75, 3.05) is 12.4 Å². The van der Waals surface area contributed by atoms with Gasteiger partial charge in [-0.05, 0) is 31.5 Å². The highest BCUT2D eigenvalue weighted by Gasteiger charge is 2.48. The lowest BCUT2D eigenvalue weighted by molar-refractivity contribution is -0.139. The van der Waals surface area contributed by atoms with Gasteiger partial charge < -0.3 is 15.4 Å². The van der Waals surface area contributed by atoms with Crippen LogP contribution in [0.1, 0.15) is 25.3 Å². The first-order chi connectivity index (χ1) is 13.5. The molecule has 0 aromatic heterocycles. The van der Waals surface area contributed by atoms with Gasteiger partial charge in [0.25, 0.3) is 0 Å². The minimum atomic E-state index is -0.589. The Hall–Kier alpha value is -2.32. The van der Waals surface area contributed by atoms with Crippen LogP contribution in [0.2, 0.25) is 0 Å². The fourth-order valence-electron chi connectivity index (χ4n) is 3.67. The van der Waals surface area contributed by atoms with E-state index in [1.54, 1.807) is 32.1 Å². The Kier molecular flexibility index (Phi) is 6.41. The van der Waals surface area contributed by atoms with Gasteiger partial charge in [-0.15, -0.1) is 18.3 Å². The second-order valence-electron chi connectivity index (χ2n) is 6.61. The summed E-state index contributed by atoms with van der Waals surface area (Å²) >= 11 is 1.51. The number of thioether (sulfide) groups is 1. The topological polar surface area (TPSA) is 79.5 Å². The number of hydrogen-bond acceptors (Lipinski definition) is 6. The molecule has 6 nitrogen and oxygen atoms in total. The molecule has 0 saturated carbocycles. The predicted octanol–water partition coefficient (Wildman–Crippen LogP) is 2.21. The van der Waals surface area contributed by atoms with E-state index in [1.165, 1.54) is 23.9 Å². The molecule has 1 aromatic carbocycles. The van der Waals surface area contributed by atoms with Crippen LogP contribution >= 0.6 is 11.8 Å². The minimum Gasteiger partial charge on any atom is -0.463 e. The molecule has 2 heterocycles. The van der Waals surface area contributed by atoms with E-state index in [-0.39, 0.29) is 30.0 Å². The molecule has 8 heteroatoms. The summed E-state index contributed by atoms with van der Waals surface area (Å²) in [6.07, 6.45) is 1.40. The lowest BCUT2D eigenvalue weighted by Gasteiger charge is -2.45. The third kappa shape index (κ3) is 4.07. The number of carbonyl (C=O) groups excluding carboxylic acids is 2. The van der Waals surface area contributed by atoms with Gasteiger partial charge in [-0.25, -0.2) is 9.18 Å². The summed E-state index contributed by atoms with van der Waals surface area (Å²) in [6.45, 7) is 7.45. The number of ether oxygens (including phenoxy) is 1. The zero-order valence-corrected chi connectivity index (χ0v) is 16.6. The van der Waals surface area contributed by atoms with E-state index in [0.29, 0.717) is 22.6 Å². The smallest absolute Gasteiger partial charge is 0.336 e. The fraction of sp³-hybridized carbons (Fsp3) is 0.400. The SMILES string of the molecule is C=CCSC1NC(=O)C2C(NC(C)=C(C(=O)OCC)C2c2ccc(F)cc2)N1. The molecular weight excluding hydrogens is 381 g/mol. The normalized spacial score (nSPS) is 26.8. The Labute approximate surface area is 168 Å². The summed E-state index contributed by atoms with van der Waals surface area (Å²) in [5, 5.41) is 9.56. The van der Waals surface area contributed by atoms with Crippen LogP contribution in [0.3, 0.4) is 0 Å². The number of fused-ring (bicyclic) bond motifs is 1. The lowest BCUT2D eigenvalue weighted by Crippen LogP contribution is -2.67. The van der Waals surface area contributed by atoms with E-state index in [4.69, 9.17) is 4.74 Å². The molecule has 3 N–H and O–H groups in total. The molecule has 0 aliphatic carbocycles. The van der Waals surface area contributed by atoms with Crippen LogP contribution in [-0.2, 0) is 14.3 Å². The second-order valence-corrected chi connectivity index (χ2v) is 7.75. The fourth-order valence-corrected chi connectivity index (χ4v) is 4.44. The highest BCUT2D eigenvalue weighted by molar-refractivity contribution is 7.99. The van der Waals surface area contributed by atoms with Crippen LogP contribution in [0.5, 0.6) is 0 Å². The van der Waals surface area contributed by atoms with Crippen molar-refractivity contribution in [1.29, 1.82) is 0 Å². The third-order valence-electron chi connectivity index (χ3n) is 4.82. The third-order valence-corrected chi connectivity index (χ3v) is 5.83. The standard InChI is InChI=1S/C20H24FN3O3S/c1-4-10-28-20-23-17-16(18(25)24-20)15(12-6-8-13(21)9-7-12)14(11(3)22-17)19(26)27-5-2/h4,6-9,15-17,20,22-23H,1,5,10H2,2-3H3,(H,24,25). The molecule has 28 heavy (non-hydrogen) atoms. The van der Waals surface area contributed by atoms with Crippen molar-refractivity contribution in [1.82, 2.24) is 16.0 Å². The summed E-state index contributed by atoms with van der Waals surface area (Å²) < 4.78 is 18.7. The molecule has 150 valence electrons. The predicted molar refractivity (Wildman–Crippen MR) is 107 cm³/mol. The van der Waals surface area contributed by atoms with Gasteiger partial charge in [-0.1, -0.05) is 18.2 Å². The van der Waals surface area contributed by atoms with Crippen molar-refractivity contribution in [3.8, 4) is 0 Å². The number of rotatable bonds is 6. The van der Waals surface area contributed by atoms with Crippen molar-refractivity contribution in [2.24, 2.45) is 5.92 Å². The number of carbonyl (C=O) groups is 2. The zero-order valence-electron chi connectivity index (χ0n) is 15.8. The highest BCUT2D eigenvalue weighted by atomic mass is 32.2. The van der Waals surface area contributed by atoms with Crippen LogP contribution in [0, 0.1) is 11.7 Å². The van der Waals surface area contributed by atoms with E-state index < -0.39 is 17.8 Å². The summed E-state index contributed by atoms with van der Waals surface area (Å²) in [6, 6.07) is 5.89. The number of allylic oxidation sites excluding steroid dienone is 1. The number of halogens is 1. The van der Waals surface area contributed by atoms with Crippen molar-refractivity contribution < 1.29 is 18.7 Å². The van der Waals surface area contributed by atoms with Gasteiger partial charge >= 0.3 is 5.97 Å². The zero-order chi connectivity index (χ0) is 20.3. The van der Waals surface area contributed by atoms with Crippen LogP contribution in [0.15, 0.2) is 48.2 Å². The molecule has 0 radical (unpaired) electrons. The van der Waals surface area contributed by atoms with Crippen LogP contribution < -0.4 is 16.0 Å². The van der Waals surface area contributed by atoms with Gasteiger partial charge in [0.15, 0.2) is 0 Å². The highest BCUT2D eigenvalue weighted by Crippen LogP contribution is 2.40. The molecule has 1 saturated heterocycles. The van der Waals surface area contributed by atoms with Crippen molar-refractivity contribution in [2.45, 2.75) is 31.4 Å². The largest absolute Gasteiger partial charge is 0.463 e. The Morgan fingerprint density at radius 2 is 2.04 bits per heavy atom. The van der Waals surface area contributed by atoms with Gasteiger partial charge in [0.2, 0.25) is 5.91 Å². The maximum Gasteiger partial charge on any atom is 0.336 e. The van der Waals surface area contributed by atoms with E-state index in [1.807, 2.05) is 0 Å². The van der Waals surface area contributed by atoms with E-state index in [0.717, 1.165) is 0 Å². The molecule has 2 aliphatic rings. The van der Waals surface area contributed by atoms with Gasteiger partial charge in [0.1, 0.15) is 11.3 Å². The number of esters is 1. The number of benzene rings is 1. The molecule has 2 aliphatic heterocycles. The number of hydrogen-bond donors (Lipinski definition) is 3. The number of nitrogens with one attached hydrogen (secondary N) is 3. The molecule has 4 atom stereocenters. The van der Waals surface area contributed by atoms with Crippen molar-refractivity contribution in [3.05, 3.63) is 59.6 Å². The summed E-state index contributed by atoms with van der Waals surface area (Å²) in [4.78, 5) is 25.7. The molecule has 0 bridgehead atoms. The molecule has 3 rings (SSSR count). The number of amides is 1. The first kappa shape index (κ1) is 20.4. The molecule has 1 amide bonds. The minimum absolute atomic E-state index is 0.179. The van der Waals surface area contributed by atoms with Crippen LogP contribution in [0.4, 0.5) is 4.39 Å². The van der Waals surface area contributed by atoms with Crippen LogP contribution in [0.25, 0.3) is 0 Å². The average molecular weight is 405 g/mol. The molecule has 1 fully saturated rings. The van der Waals surface area contributed by atoms with E-state index >= 15 is 0 Å². The summed E-state index contributed by atoms with van der Waals surface area (Å²) in [5.74, 6) is -1.49. The van der Waals surface area contributed by atoms with E-state index in [9.17, 15) is 14.0 Å². The summed E-state index contributed by atoms with van der Waals surface area (Å²) in [5.41, 5.74) is 1.45. The Balaban J connectivity index is 2.01. The quantitative estimate of drug-likeness (QED) is 0.498. The van der Waals surface area contributed by atoms with Gasteiger partial charge in [0, 0.05) is 17.4 Å². The first-order valence-electron chi connectivity index (χ1n) is 9.15. The van der Waals surface area contributed by atoms with Gasteiger partial charge in [-0.3, -0.25) is 10.1 Å². The van der Waals surface area contributed by atoms with Crippen molar-refractivity contribution in [3.63, 3.8) is 0 Å². The summed E-state index contributed by atoms with van der Waals surface area (Å²) in [7, 11) is 0. The lowest BCUT2D eigenvalue weighted by atomic mass is 9.74. The Bertz CT molecular complexity index is 796. The van der Waals surface area contributed by atoms with Gasteiger partial charge in [-0.2, -0.15) is 0 Å².